The van der Waals surface area contributed by atoms with Gasteiger partial charge < -0.3 is 14.7 Å². The van der Waals surface area contributed by atoms with Crippen molar-refractivity contribution in [2.45, 2.75) is 18.6 Å². The fourth-order valence-electron chi connectivity index (χ4n) is 3.79. The molecule has 3 aliphatic rings. The molecule has 4 atom stereocenters. The fourth-order valence-corrected chi connectivity index (χ4v) is 3.79. The Labute approximate surface area is 121 Å². The van der Waals surface area contributed by atoms with Crippen molar-refractivity contribution >= 4 is 17.6 Å². The van der Waals surface area contributed by atoms with Crippen molar-refractivity contribution in [1.82, 2.24) is 0 Å². The molecule has 0 radical (unpaired) electrons. The van der Waals surface area contributed by atoms with Crippen LogP contribution in [0.25, 0.3) is 0 Å². The average Bonchev–Trinajstić information content (AvgIpc) is 3.07. The Bertz CT molecular complexity index is 683. The number of aryl methyl sites for hydroxylation is 1. The molecule has 3 aliphatic heterocycles. The molecule has 0 aliphatic carbocycles. The molecule has 2 saturated heterocycles. The second-order valence-electron chi connectivity index (χ2n) is 6.00. The van der Waals surface area contributed by atoms with Crippen molar-refractivity contribution in [2.75, 3.05) is 11.4 Å². The average molecular weight is 285 g/mol. The summed E-state index contributed by atoms with van der Waals surface area (Å²) < 4.78 is 5.86. The molecule has 5 heteroatoms. The Hall–Kier alpha value is -2.14. The number of nitrogens with zero attached hydrogens (tertiary/aromatic N) is 1. The smallest absolute Gasteiger partial charge is 0.310 e. The molecule has 2 fully saturated rings. The molecule has 108 valence electrons. The van der Waals surface area contributed by atoms with E-state index in [0.29, 0.717) is 6.54 Å². The van der Waals surface area contributed by atoms with Crippen LogP contribution in [0.2, 0.25) is 0 Å². The van der Waals surface area contributed by atoms with Crippen LogP contribution in [0.15, 0.2) is 36.4 Å². The normalized spacial score (nSPS) is 36.3. The highest BCUT2D eigenvalue weighted by molar-refractivity contribution is 6.02. The van der Waals surface area contributed by atoms with Gasteiger partial charge in [0.25, 0.3) is 0 Å². The summed E-state index contributed by atoms with van der Waals surface area (Å²) in [6, 6.07) is 7.66. The van der Waals surface area contributed by atoms with E-state index in [2.05, 4.69) is 0 Å². The molecule has 0 unspecified atom stereocenters. The van der Waals surface area contributed by atoms with Crippen LogP contribution in [0.4, 0.5) is 5.69 Å². The number of carboxylic acid groups (broad SMARTS) is 1. The van der Waals surface area contributed by atoms with Crippen molar-refractivity contribution in [3.63, 3.8) is 0 Å². The first-order chi connectivity index (χ1) is 10.0. The zero-order chi connectivity index (χ0) is 14.8. The van der Waals surface area contributed by atoms with Crippen molar-refractivity contribution in [3.05, 3.63) is 42.0 Å². The predicted molar refractivity (Wildman–Crippen MR) is 74.9 cm³/mol. The lowest BCUT2D eigenvalue weighted by Gasteiger charge is -2.21. The summed E-state index contributed by atoms with van der Waals surface area (Å²) in [5, 5.41) is 9.41. The summed E-state index contributed by atoms with van der Waals surface area (Å²) >= 11 is 0. The number of carboxylic acids is 1. The summed E-state index contributed by atoms with van der Waals surface area (Å²) in [7, 11) is 0. The zero-order valence-electron chi connectivity index (χ0n) is 11.5. The number of amides is 1. The first kappa shape index (κ1) is 12.6. The summed E-state index contributed by atoms with van der Waals surface area (Å²) in [4.78, 5) is 25.9. The van der Waals surface area contributed by atoms with E-state index in [1.165, 1.54) is 0 Å². The first-order valence-electron chi connectivity index (χ1n) is 7.00. The number of benzene rings is 1. The van der Waals surface area contributed by atoms with Crippen LogP contribution in [0.3, 0.4) is 0 Å². The Balaban J connectivity index is 1.75. The number of hydrogen-bond donors (Lipinski definition) is 1. The van der Waals surface area contributed by atoms with Crippen molar-refractivity contribution in [1.29, 1.82) is 0 Å². The zero-order valence-corrected chi connectivity index (χ0v) is 11.5. The summed E-state index contributed by atoms with van der Waals surface area (Å²) in [5.74, 6) is -2.52. The third-order valence-electron chi connectivity index (χ3n) is 4.70. The highest BCUT2D eigenvalue weighted by atomic mass is 16.5. The van der Waals surface area contributed by atoms with Crippen LogP contribution in [-0.2, 0) is 14.3 Å². The van der Waals surface area contributed by atoms with Crippen LogP contribution in [-0.4, -0.2) is 35.2 Å². The highest BCUT2D eigenvalue weighted by Gasteiger charge is 2.67. The van der Waals surface area contributed by atoms with Gasteiger partial charge in [0.15, 0.2) is 0 Å². The molecule has 1 spiro atoms. The predicted octanol–water partition coefficient (Wildman–Crippen LogP) is 1.37. The quantitative estimate of drug-likeness (QED) is 0.833. The number of carbonyl (C=O) groups excluding carboxylic acids is 1. The van der Waals surface area contributed by atoms with Gasteiger partial charge in [-0.2, -0.15) is 0 Å². The summed E-state index contributed by atoms with van der Waals surface area (Å²) in [6.07, 6.45) is 3.17. The molecule has 3 heterocycles. The van der Waals surface area contributed by atoms with Crippen molar-refractivity contribution < 1.29 is 19.4 Å². The molecule has 5 nitrogen and oxygen atoms in total. The van der Waals surface area contributed by atoms with Gasteiger partial charge in [0, 0.05) is 5.69 Å². The van der Waals surface area contributed by atoms with E-state index < -0.39 is 29.5 Å². The number of anilines is 1. The van der Waals surface area contributed by atoms with Crippen LogP contribution in [0, 0.1) is 18.8 Å². The lowest BCUT2D eigenvalue weighted by atomic mass is 9.77. The van der Waals surface area contributed by atoms with Crippen molar-refractivity contribution in [2.24, 2.45) is 11.8 Å². The van der Waals surface area contributed by atoms with Crippen LogP contribution >= 0.6 is 0 Å². The molecule has 1 aromatic carbocycles. The molecule has 0 saturated carbocycles. The largest absolute Gasteiger partial charge is 0.481 e. The summed E-state index contributed by atoms with van der Waals surface area (Å²) in [6.45, 7) is 2.35. The first-order valence-corrected chi connectivity index (χ1v) is 7.00. The minimum absolute atomic E-state index is 0.153. The molecule has 1 amide bonds. The number of aliphatic carboxylic acids is 1. The number of fused-ring (bicyclic) bond motifs is 1. The van der Waals surface area contributed by atoms with E-state index in [0.717, 1.165) is 11.3 Å². The number of rotatable bonds is 2. The standard InChI is InChI=1S/C16H15NO4/c1-9-3-2-4-10(7-9)17-8-16-6-5-11(21-16)12(15(19)20)13(16)14(17)18/h2-7,11-13H,8H2,1H3,(H,19,20)/t11-,12-,13-,16-/m1/s1. The molecule has 21 heavy (non-hydrogen) atoms. The monoisotopic (exact) mass is 285 g/mol. The van der Waals surface area contributed by atoms with Gasteiger partial charge in [0.1, 0.15) is 11.5 Å². The minimum atomic E-state index is -0.962. The van der Waals surface area contributed by atoms with Gasteiger partial charge in [-0.3, -0.25) is 9.59 Å². The Morgan fingerprint density at radius 3 is 3.00 bits per heavy atom. The van der Waals surface area contributed by atoms with E-state index in [9.17, 15) is 14.7 Å². The Morgan fingerprint density at radius 2 is 2.29 bits per heavy atom. The minimum Gasteiger partial charge on any atom is -0.481 e. The van der Waals surface area contributed by atoms with E-state index in [1.807, 2.05) is 37.3 Å². The third kappa shape index (κ3) is 1.55. The van der Waals surface area contributed by atoms with Crippen LogP contribution in [0.5, 0.6) is 0 Å². The molecular formula is C16H15NO4. The Kier molecular flexibility index (Phi) is 2.37. The maximum absolute atomic E-state index is 12.7. The lowest BCUT2D eigenvalue weighted by molar-refractivity contribution is -0.146. The van der Waals surface area contributed by atoms with Crippen molar-refractivity contribution in [3.8, 4) is 0 Å². The Morgan fingerprint density at radius 1 is 1.48 bits per heavy atom. The molecule has 1 N–H and O–H groups in total. The fraction of sp³-hybridized carbons (Fsp3) is 0.375. The van der Waals surface area contributed by atoms with Gasteiger partial charge in [-0.25, -0.2) is 0 Å². The van der Waals surface area contributed by atoms with Crippen LogP contribution < -0.4 is 4.90 Å². The topological polar surface area (TPSA) is 66.8 Å². The molecule has 1 aromatic rings. The van der Waals surface area contributed by atoms with E-state index >= 15 is 0 Å². The van der Waals surface area contributed by atoms with Gasteiger partial charge in [0.2, 0.25) is 5.91 Å². The third-order valence-corrected chi connectivity index (χ3v) is 4.70. The second-order valence-corrected chi connectivity index (χ2v) is 6.00. The number of hydrogen-bond acceptors (Lipinski definition) is 3. The van der Waals surface area contributed by atoms with E-state index in [4.69, 9.17) is 4.74 Å². The maximum Gasteiger partial charge on any atom is 0.310 e. The molecular weight excluding hydrogens is 270 g/mol. The van der Waals surface area contributed by atoms with Crippen LogP contribution in [0.1, 0.15) is 5.56 Å². The SMILES string of the molecule is Cc1cccc(N2C[C@@]34C=C[C@@H](O3)[C@@H](C(=O)O)[C@@H]4C2=O)c1. The van der Waals surface area contributed by atoms with Gasteiger partial charge in [0.05, 0.1) is 18.6 Å². The molecule has 4 rings (SSSR count). The molecule has 2 bridgehead atoms. The van der Waals surface area contributed by atoms with Gasteiger partial charge in [-0.1, -0.05) is 24.3 Å². The van der Waals surface area contributed by atoms with E-state index in [1.54, 1.807) is 11.0 Å². The molecule has 0 aromatic heterocycles. The van der Waals surface area contributed by atoms with Gasteiger partial charge >= 0.3 is 5.97 Å². The second kappa shape index (κ2) is 3.95. The van der Waals surface area contributed by atoms with Gasteiger partial charge in [-0.15, -0.1) is 0 Å². The maximum atomic E-state index is 12.7. The van der Waals surface area contributed by atoms with Gasteiger partial charge in [-0.05, 0) is 24.6 Å². The highest BCUT2D eigenvalue weighted by Crippen LogP contribution is 2.52. The lowest BCUT2D eigenvalue weighted by Crippen LogP contribution is -2.39. The number of carbonyl (C=O) groups is 2. The van der Waals surface area contributed by atoms with E-state index in [-0.39, 0.29) is 5.91 Å². The number of ether oxygens (including phenoxy) is 1. The summed E-state index contributed by atoms with van der Waals surface area (Å²) in [5.41, 5.74) is 1.09.